The van der Waals surface area contributed by atoms with Gasteiger partial charge in [-0.15, -0.1) is 13.2 Å². The number of alkyl halides is 5. The number of unbranched alkanes of at least 4 members (excludes halogenated alkanes) is 1. The van der Waals surface area contributed by atoms with Crippen molar-refractivity contribution in [2.45, 2.75) is 32.2 Å². The van der Waals surface area contributed by atoms with E-state index < -0.39 is 19.1 Å². The first kappa shape index (κ1) is 13.6. The Labute approximate surface area is 78.0 Å². The number of hydrogen-bond acceptors (Lipinski definition) is 2. The van der Waals surface area contributed by atoms with Gasteiger partial charge in [-0.3, -0.25) is 4.74 Å². The fourth-order valence-electron chi connectivity index (χ4n) is 0.573. The van der Waals surface area contributed by atoms with Gasteiger partial charge in [0.2, 0.25) is 0 Å². The van der Waals surface area contributed by atoms with Gasteiger partial charge in [-0.05, 0) is 6.42 Å². The van der Waals surface area contributed by atoms with Crippen molar-refractivity contribution in [2.24, 2.45) is 0 Å². The first-order chi connectivity index (χ1) is 6.27. The largest absolute Gasteiger partial charge is 0.522 e. The second kappa shape index (κ2) is 5.45. The molecule has 0 aromatic rings. The molecule has 0 rings (SSSR count). The topological polar surface area (TPSA) is 18.5 Å². The summed E-state index contributed by atoms with van der Waals surface area (Å²) in [6, 6.07) is 0. The van der Waals surface area contributed by atoms with E-state index in [4.69, 9.17) is 0 Å². The normalized spacial score (nSPS) is 13.3. The summed E-state index contributed by atoms with van der Waals surface area (Å²) in [6.07, 6.45) is -7.96. The predicted molar refractivity (Wildman–Crippen MR) is 37.8 cm³/mol. The monoisotopic (exact) mass is 222 g/mol. The van der Waals surface area contributed by atoms with E-state index in [2.05, 4.69) is 9.47 Å². The van der Waals surface area contributed by atoms with Gasteiger partial charge in [-0.2, -0.15) is 8.78 Å². The molecule has 0 bridgehead atoms. The second-order valence-corrected chi connectivity index (χ2v) is 2.57. The maximum Gasteiger partial charge on any atom is 0.522 e. The summed E-state index contributed by atoms with van der Waals surface area (Å²) < 4.78 is 65.8. The lowest BCUT2D eigenvalue weighted by atomic mass is 10.4. The minimum absolute atomic E-state index is 0.287. The van der Waals surface area contributed by atoms with Crippen LogP contribution in [0.2, 0.25) is 0 Å². The Morgan fingerprint density at radius 2 is 1.57 bits per heavy atom. The Bertz CT molecular complexity index is 157. The van der Waals surface area contributed by atoms with E-state index in [1.54, 1.807) is 6.92 Å². The molecular formula is C7H11F5O2. The van der Waals surface area contributed by atoms with E-state index in [9.17, 15) is 22.0 Å². The molecule has 0 unspecified atom stereocenters. The molecule has 86 valence electrons. The fourth-order valence-corrected chi connectivity index (χ4v) is 0.573. The van der Waals surface area contributed by atoms with E-state index in [0.717, 1.165) is 0 Å². The molecule has 14 heavy (non-hydrogen) atoms. The molecule has 0 aliphatic heterocycles. The van der Waals surface area contributed by atoms with Crippen molar-refractivity contribution in [2.75, 3.05) is 13.2 Å². The van der Waals surface area contributed by atoms with E-state index >= 15 is 0 Å². The van der Waals surface area contributed by atoms with Crippen molar-refractivity contribution in [3.8, 4) is 0 Å². The molecule has 0 saturated carbocycles. The van der Waals surface area contributed by atoms with Crippen LogP contribution in [0, 0.1) is 0 Å². The fraction of sp³-hybridized carbons (Fsp3) is 1.00. The Kier molecular flexibility index (Phi) is 5.28. The maximum atomic E-state index is 12.4. The number of hydrogen-bond donors (Lipinski definition) is 0. The van der Waals surface area contributed by atoms with Crippen LogP contribution < -0.4 is 0 Å². The van der Waals surface area contributed by atoms with Crippen LogP contribution in [0.25, 0.3) is 0 Å². The molecule has 0 aromatic carbocycles. The molecule has 2 nitrogen and oxygen atoms in total. The van der Waals surface area contributed by atoms with Crippen molar-refractivity contribution in [1.29, 1.82) is 0 Å². The summed E-state index contributed by atoms with van der Waals surface area (Å²) >= 11 is 0. The van der Waals surface area contributed by atoms with Crippen LogP contribution in [0.5, 0.6) is 0 Å². The molecule has 7 heteroatoms. The second-order valence-electron chi connectivity index (χ2n) is 2.57. The standard InChI is InChI=1S/C7H11F5O2/c1-2-3-4-13-6(8,9)5-14-7(10,11)12/h2-5H2,1H3. The molecule has 0 aliphatic carbocycles. The summed E-state index contributed by atoms with van der Waals surface area (Å²) in [5, 5.41) is 0. The quantitative estimate of drug-likeness (QED) is 0.508. The Balaban J connectivity index is 3.72. The third-order valence-corrected chi connectivity index (χ3v) is 1.21. The van der Waals surface area contributed by atoms with Crippen molar-refractivity contribution in [1.82, 2.24) is 0 Å². The summed E-state index contributed by atoms with van der Waals surface area (Å²) in [5.41, 5.74) is 0. The smallest absolute Gasteiger partial charge is 0.319 e. The van der Waals surface area contributed by atoms with Gasteiger partial charge >= 0.3 is 12.5 Å². The van der Waals surface area contributed by atoms with Crippen molar-refractivity contribution in [3.05, 3.63) is 0 Å². The van der Waals surface area contributed by atoms with Gasteiger partial charge in [-0.1, -0.05) is 13.3 Å². The third-order valence-electron chi connectivity index (χ3n) is 1.21. The van der Waals surface area contributed by atoms with E-state index in [0.29, 0.717) is 12.8 Å². The van der Waals surface area contributed by atoms with Crippen molar-refractivity contribution in [3.63, 3.8) is 0 Å². The molecule has 0 atom stereocenters. The molecule has 0 spiro atoms. The SMILES string of the molecule is CCCCOC(F)(F)COC(F)(F)F. The van der Waals surface area contributed by atoms with Crippen LogP contribution in [0.1, 0.15) is 19.8 Å². The van der Waals surface area contributed by atoms with Gasteiger partial charge in [0.25, 0.3) is 0 Å². The minimum atomic E-state index is -5.06. The van der Waals surface area contributed by atoms with Gasteiger partial charge in [0.05, 0.1) is 6.61 Å². The maximum absolute atomic E-state index is 12.4. The highest BCUT2D eigenvalue weighted by Crippen LogP contribution is 2.23. The van der Waals surface area contributed by atoms with Crippen LogP contribution in [-0.2, 0) is 9.47 Å². The molecule has 0 aromatic heterocycles. The van der Waals surface area contributed by atoms with Crippen LogP contribution in [0.15, 0.2) is 0 Å². The molecule has 0 fully saturated rings. The molecule has 0 saturated heterocycles. The summed E-state index contributed by atoms with van der Waals surface area (Å²) in [6.45, 7) is -0.349. The van der Waals surface area contributed by atoms with Crippen LogP contribution >= 0.6 is 0 Å². The zero-order chi connectivity index (χ0) is 11.2. The molecule has 0 heterocycles. The molecule has 0 N–H and O–H groups in total. The zero-order valence-corrected chi connectivity index (χ0v) is 7.53. The third kappa shape index (κ3) is 8.18. The van der Waals surface area contributed by atoms with Gasteiger partial charge < -0.3 is 4.74 Å². The van der Waals surface area contributed by atoms with Crippen LogP contribution in [0.3, 0.4) is 0 Å². The van der Waals surface area contributed by atoms with Crippen molar-refractivity contribution < 1.29 is 31.4 Å². The minimum Gasteiger partial charge on any atom is -0.319 e. The van der Waals surface area contributed by atoms with E-state index in [1.807, 2.05) is 0 Å². The highest BCUT2D eigenvalue weighted by atomic mass is 19.4. The van der Waals surface area contributed by atoms with Crippen LogP contribution in [0.4, 0.5) is 22.0 Å². The average molecular weight is 222 g/mol. The van der Waals surface area contributed by atoms with Gasteiger partial charge in [-0.25, -0.2) is 0 Å². The Morgan fingerprint density at radius 1 is 1.00 bits per heavy atom. The van der Waals surface area contributed by atoms with Crippen LogP contribution in [-0.4, -0.2) is 25.7 Å². The lowest BCUT2D eigenvalue weighted by Gasteiger charge is -2.17. The number of ether oxygens (including phenoxy) is 2. The highest BCUT2D eigenvalue weighted by molar-refractivity contribution is 4.51. The number of halogens is 5. The van der Waals surface area contributed by atoms with Crippen molar-refractivity contribution >= 4 is 0 Å². The highest BCUT2D eigenvalue weighted by Gasteiger charge is 2.38. The first-order valence-electron chi connectivity index (χ1n) is 3.99. The van der Waals surface area contributed by atoms with E-state index in [-0.39, 0.29) is 6.61 Å². The molecule has 0 radical (unpaired) electrons. The lowest BCUT2D eigenvalue weighted by Crippen LogP contribution is -2.31. The Hall–Kier alpha value is -0.430. The van der Waals surface area contributed by atoms with E-state index in [1.165, 1.54) is 0 Å². The predicted octanol–water partition coefficient (Wildman–Crippen LogP) is 2.93. The van der Waals surface area contributed by atoms with Gasteiger partial charge in [0.1, 0.15) is 6.61 Å². The first-order valence-corrected chi connectivity index (χ1v) is 3.99. The molecular weight excluding hydrogens is 211 g/mol. The average Bonchev–Trinajstić information content (AvgIpc) is 2.00. The molecule has 0 amide bonds. The zero-order valence-electron chi connectivity index (χ0n) is 7.53. The summed E-state index contributed by atoms with van der Waals surface area (Å²) in [5.74, 6) is 0. The summed E-state index contributed by atoms with van der Waals surface area (Å²) in [7, 11) is 0. The Morgan fingerprint density at radius 3 is 2.00 bits per heavy atom. The number of rotatable bonds is 6. The lowest BCUT2D eigenvalue weighted by molar-refractivity contribution is -0.369. The van der Waals surface area contributed by atoms with Gasteiger partial charge in [0, 0.05) is 0 Å². The summed E-state index contributed by atoms with van der Waals surface area (Å²) in [4.78, 5) is 0. The molecule has 0 aliphatic rings. The van der Waals surface area contributed by atoms with Gasteiger partial charge in [0.15, 0.2) is 0 Å².